The maximum Gasteiger partial charge on any atom is 0.403 e. The van der Waals surface area contributed by atoms with Crippen molar-refractivity contribution in [2.75, 3.05) is 57.4 Å². The number of nitrogens with one attached hydrogen (secondary N) is 1. The number of rotatable bonds is 7. The summed E-state index contributed by atoms with van der Waals surface area (Å²) < 4.78 is 45.8. The number of aromatic nitrogens is 5. The van der Waals surface area contributed by atoms with E-state index in [1.807, 2.05) is 30.3 Å². The second-order valence-electron chi connectivity index (χ2n) is 12.1. The van der Waals surface area contributed by atoms with Gasteiger partial charge < -0.3 is 19.5 Å². The first-order valence-corrected chi connectivity index (χ1v) is 15.4. The smallest absolute Gasteiger partial charge is 0.378 e. The fourth-order valence-electron chi connectivity index (χ4n) is 6.37. The van der Waals surface area contributed by atoms with E-state index in [2.05, 4.69) is 42.7 Å². The molecule has 1 unspecified atom stereocenters. The van der Waals surface area contributed by atoms with Gasteiger partial charge in [-0.15, -0.1) is 0 Å². The highest BCUT2D eigenvalue weighted by atomic mass is 19.4. The van der Waals surface area contributed by atoms with Crippen LogP contribution in [0.25, 0.3) is 22.3 Å². The Morgan fingerprint density at radius 2 is 1.78 bits per heavy atom. The molecule has 0 radical (unpaired) electrons. The molecule has 13 heteroatoms. The van der Waals surface area contributed by atoms with Crippen LogP contribution in [0.4, 0.5) is 19.0 Å². The SMILES string of the molecule is CC(c1ccnc(Cc2nc3ccc(-c4cc(N5CCOCC5)ncn4)cc3[nH]2)c1)N1CCN(C(=O)C2(C(F)(F)F)CC2)CC1. The summed E-state index contributed by atoms with van der Waals surface area (Å²) in [6.07, 6.45) is -0.788. The number of piperazine rings is 1. The van der Waals surface area contributed by atoms with Gasteiger partial charge in [-0.3, -0.25) is 14.7 Å². The van der Waals surface area contributed by atoms with Crippen molar-refractivity contribution in [2.45, 2.75) is 38.4 Å². The second-order valence-corrected chi connectivity index (χ2v) is 12.1. The lowest BCUT2D eigenvalue weighted by Gasteiger charge is -2.39. The van der Waals surface area contributed by atoms with Gasteiger partial charge in [0.25, 0.3) is 0 Å². The van der Waals surface area contributed by atoms with E-state index in [0.29, 0.717) is 45.8 Å². The molecule has 236 valence electrons. The summed E-state index contributed by atoms with van der Waals surface area (Å²) in [7, 11) is 0. The molecule has 3 aliphatic rings. The predicted octanol–water partition coefficient (Wildman–Crippen LogP) is 4.39. The molecule has 1 amide bonds. The van der Waals surface area contributed by atoms with Gasteiger partial charge in [-0.2, -0.15) is 13.2 Å². The maximum atomic E-state index is 13.5. The maximum absolute atomic E-state index is 13.5. The van der Waals surface area contributed by atoms with Gasteiger partial charge in [0.2, 0.25) is 5.91 Å². The van der Waals surface area contributed by atoms with Crippen molar-refractivity contribution in [3.8, 4) is 11.3 Å². The van der Waals surface area contributed by atoms with Crippen molar-refractivity contribution in [1.29, 1.82) is 0 Å². The molecule has 0 spiro atoms. The number of carbonyl (C=O) groups excluding carboxylic acids is 1. The quantitative estimate of drug-likeness (QED) is 0.325. The summed E-state index contributed by atoms with van der Waals surface area (Å²) in [5.74, 6) is 0.917. The number of alkyl halides is 3. The first-order valence-electron chi connectivity index (χ1n) is 15.4. The molecule has 10 nitrogen and oxygen atoms in total. The van der Waals surface area contributed by atoms with Gasteiger partial charge in [-0.1, -0.05) is 6.07 Å². The van der Waals surface area contributed by atoms with Crippen LogP contribution in [-0.2, 0) is 16.0 Å². The van der Waals surface area contributed by atoms with Crippen LogP contribution in [0.15, 0.2) is 48.9 Å². The van der Waals surface area contributed by atoms with Crippen LogP contribution in [0.1, 0.15) is 42.9 Å². The number of nitrogens with zero attached hydrogens (tertiary/aromatic N) is 7. The summed E-state index contributed by atoms with van der Waals surface area (Å²) >= 11 is 0. The zero-order valence-corrected chi connectivity index (χ0v) is 25.1. The number of anilines is 1. The Kier molecular flexibility index (Phi) is 7.68. The molecule has 1 N–H and O–H groups in total. The third-order valence-corrected chi connectivity index (χ3v) is 9.34. The number of aromatic amines is 1. The molecule has 1 aliphatic carbocycles. The van der Waals surface area contributed by atoms with Crippen molar-refractivity contribution in [1.82, 2.24) is 34.7 Å². The van der Waals surface area contributed by atoms with Gasteiger partial charge in [0.15, 0.2) is 0 Å². The van der Waals surface area contributed by atoms with Crippen LogP contribution in [0.2, 0.25) is 0 Å². The Morgan fingerprint density at radius 3 is 2.51 bits per heavy atom. The number of H-pyrrole nitrogens is 1. The Hall–Kier alpha value is -4.10. The van der Waals surface area contributed by atoms with E-state index in [1.165, 1.54) is 4.90 Å². The topological polar surface area (TPSA) is 103 Å². The molecule has 3 aromatic heterocycles. The Labute approximate surface area is 258 Å². The van der Waals surface area contributed by atoms with E-state index in [1.54, 1.807) is 12.5 Å². The van der Waals surface area contributed by atoms with E-state index in [9.17, 15) is 18.0 Å². The summed E-state index contributed by atoms with van der Waals surface area (Å²) in [4.78, 5) is 40.2. The minimum absolute atomic E-state index is 0.0231. The van der Waals surface area contributed by atoms with Crippen LogP contribution < -0.4 is 4.90 Å². The van der Waals surface area contributed by atoms with E-state index in [0.717, 1.165) is 58.3 Å². The van der Waals surface area contributed by atoms with Gasteiger partial charge in [-0.05, 0) is 49.6 Å². The third kappa shape index (κ3) is 5.86. The number of carbonyl (C=O) groups is 1. The minimum Gasteiger partial charge on any atom is -0.378 e. The Morgan fingerprint density at radius 1 is 1.00 bits per heavy atom. The molecular weight excluding hydrogens is 585 g/mol. The van der Waals surface area contributed by atoms with Crippen LogP contribution in [-0.4, -0.2) is 99.3 Å². The lowest BCUT2D eigenvalue weighted by Crippen LogP contribution is -2.53. The van der Waals surface area contributed by atoms with Crippen molar-refractivity contribution in [3.63, 3.8) is 0 Å². The molecule has 1 saturated carbocycles. The second kappa shape index (κ2) is 11.7. The highest BCUT2D eigenvalue weighted by molar-refractivity contribution is 5.86. The zero-order valence-electron chi connectivity index (χ0n) is 25.1. The van der Waals surface area contributed by atoms with E-state index in [4.69, 9.17) is 9.72 Å². The number of morpholine rings is 1. The number of pyridine rings is 1. The molecule has 1 atom stereocenters. The molecule has 0 bridgehead atoms. The Bertz CT molecular complexity index is 1690. The lowest BCUT2D eigenvalue weighted by molar-refractivity contribution is -0.199. The summed E-state index contributed by atoms with van der Waals surface area (Å²) in [5, 5.41) is 0. The average molecular weight is 621 g/mol. The predicted molar refractivity (Wildman–Crippen MR) is 161 cm³/mol. The fraction of sp³-hybridized carbons (Fsp3) is 0.469. The number of benzene rings is 1. The minimum atomic E-state index is -4.48. The largest absolute Gasteiger partial charge is 0.403 e. The van der Waals surface area contributed by atoms with Crippen LogP contribution in [0, 0.1) is 5.41 Å². The molecule has 3 fully saturated rings. The van der Waals surface area contributed by atoms with Gasteiger partial charge in [-0.25, -0.2) is 15.0 Å². The standard InChI is InChI=1S/C32H35F3N8O2/c1-21(41-8-10-43(11-9-41)30(44)31(5-6-31)32(33,34)35)22-4-7-36-24(16-22)18-28-39-25-3-2-23(17-27(25)40-28)26-19-29(38-20-37-26)42-12-14-45-15-13-42/h2-4,7,16-17,19-21H,5-6,8-15,18H2,1H3,(H,39,40). The molecule has 4 aromatic rings. The van der Waals surface area contributed by atoms with Crippen LogP contribution in [0.5, 0.6) is 0 Å². The summed E-state index contributed by atoms with van der Waals surface area (Å²) in [5.41, 5.74) is 3.34. The monoisotopic (exact) mass is 620 g/mol. The van der Waals surface area contributed by atoms with Crippen molar-refractivity contribution in [3.05, 3.63) is 66.0 Å². The number of fused-ring (bicyclic) bond motifs is 1. The van der Waals surface area contributed by atoms with Crippen LogP contribution in [0.3, 0.4) is 0 Å². The van der Waals surface area contributed by atoms with E-state index >= 15 is 0 Å². The number of halogens is 3. The van der Waals surface area contributed by atoms with Gasteiger partial charge >= 0.3 is 6.18 Å². The lowest BCUT2D eigenvalue weighted by atomic mass is 10.0. The first-order chi connectivity index (χ1) is 21.7. The number of ether oxygens (including phenoxy) is 1. The van der Waals surface area contributed by atoms with Gasteiger partial charge in [0.05, 0.1) is 29.9 Å². The highest BCUT2D eigenvalue weighted by Crippen LogP contribution is 2.58. The zero-order chi connectivity index (χ0) is 31.2. The number of hydrogen-bond acceptors (Lipinski definition) is 8. The number of imidazole rings is 1. The molecular formula is C32H35F3N8O2. The number of amides is 1. The normalized spacial score (nSPS) is 19.6. The number of hydrogen-bond donors (Lipinski definition) is 1. The fourth-order valence-corrected chi connectivity index (χ4v) is 6.37. The van der Waals surface area contributed by atoms with E-state index < -0.39 is 17.5 Å². The van der Waals surface area contributed by atoms with Crippen molar-refractivity contribution < 1.29 is 22.7 Å². The molecule has 2 saturated heterocycles. The van der Waals surface area contributed by atoms with Crippen LogP contribution >= 0.6 is 0 Å². The van der Waals surface area contributed by atoms with E-state index in [-0.39, 0.29) is 18.9 Å². The summed E-state index contributed by atoms with van der Waals surface area (Å²) in [6.45, 7) is 6.69. The molecule has 5 heterocycles. The molecule has 45 heavy (non-hydrogen) atoms. The highest BCUT2D eigenvalue weighted by Gasteiger charge is 2.69. The molecule has 7 rings (SSSR count). The van der Waals surface area contributed by atoms with Gasteiger partial charge in [0, 0.05) is 75.3 Å². The summed E-state index contributed by atoms with van der Waals surface area (Å²) in [6, 6.07) is 12.1. The molecule has 1 aromatic carbocycles. The first kappa shape index (κ1) is 29.6. The molecule has 2 aliphatic heterocycles. The van der Waals surface area contributed by atoms with Crippen molar-refractivity contribution in [2.24, 2.45) is 5.41 Å². The van der Waals surface area contributed by atoms with Crippen molar-refractivity contribution >= 4 is 22.8 Å². The average Bonchev–Trinajstić information content (AvgIpc) is 3.80. The van der Waals surface area contributed by atoms with Gasteiger partial charge in [0.1, 0.15) is 23.4 Å². The third-order valence-electron chi connectivity index (χ3n) is 9.34. The Balaban J connectivity index is 1.00.